The molecule has 20 heteroatoms. The number of para-hydroxylation sites is 6. The molecular weight excluding hydrogens is 1740 g/mol. The van der Waals surface area contributed by atoms with Gasteiger partial charge in [-0.2, -0.15) is 0 Å². The van der Waals surface area contributed by atoms with Crippen LogP contribution in [0.5, 0.6) is 0 Å². The summed E-state index contributed by atoms with van der Waals surface area (Å²) in [5, 5.41) is 33.5. The summed E-state index contributed by atoms with van der Waals surface area (Å²) in [7, 11) is -1.40. The van der Waals surface area contributed by atoms with Crippen molar-refractivity contribution in [1.82, 2.24) is 15.0 Å². The zero-order valence-electron chi connectivity index (χ0n) is 55.4. The van der Waals surface area contributed by atoms with Crippen molar-refractivity contribution in [1.29, 1.82) is 15.8 Å². The Bertz CT molecular complexity index is 6000. The zero-order chi connectivity index (χ0) is 70.3. The Kier molecular flexibility index (Phi) is 19.7. The summed E-state index contributed by atoms with van der Waals surface area (Å²) in [5.41, 5.74) is 14.1. The fourth-order valence-corrected chi connectivity index (χ4v) is 29.1. The van der Waals surface area contributed by atoms with E-state index in [1.807, 2.05) is 36.4 Å². The molecule has 0 spiro atoms. The van der Waals surface area contributed by atoms with Gasteiger partial charge < -0.3 is 0 Å². The van der Waals surface area contributed by atoms with Gasteiger partial charge in [-0.1, -0.05) is 0 Å². The van der Waals surface area contributed by atoms with Gasteiger partial charge in [0.15, 0.2) is 0 Å². The molecule has 0 bridgehead atoms. The van der Waals surface area contributed by atoms with Crippen LogP contribution in [0.15, 0.2) is 237 Å². The molecule has 0 amide bonds. The third kappa shape index (κ3) is 14.2. The molecule has 10 nitrogen and oxygen atoms in total. The van der Waals surface area contributed by atoms with Crippen LogP contribution in [-0.4, -0.2) is 111 Å². The second-order valence-corrected chi connectivity index (χ2v) is 46.8. The van der Waals surface area contributed by atoms with Gasteiger partial charge in [0, 0.05) is 0 Å². The van der Waals surface area contributed by atoms with Gasteiger partial charge in [-0.3, -0.25) is 0 Å². The number of hydrogen-bond acceptors (Lipinski definition) is 12. The Morgan fingerprint density at radius 2 is 0.709 bits per heavy atom. The minimum absolute atomic E-state index is 0.0562. The Labute approximate surface area is 646 Å². The Hall–Kier alpha value is -9.00. The van der Waals surface area contributed by atoms with Crippen molar-refractivity contribution < 1.29 is 0 Å². The molecule has 3 aliphatic heterocycles. The topological polar surface area (TPSA) is 124 Å². The van der Waals surface area contributed by atoms with Gasteiger partial charge in [0.2, 0.25) is 0 Å². The number of aryl methyl sites for hydroxylation is 1. The van der Waals surface area contributed by atoms with Crippen LogP contribution >= 0.6 is 34.0 Å². The summed E-state index contributed by atoms with van der Waals surface area (Å²) in [4.78, 5) is 24.9. The molecule has 0 N–H and O–H groups in total. The van der Waals surface area contributed by atoms with Crippen molar-refractivity contribution in [2.75, 3.05) is 14.7 Å². The third-order valence-electron chi connectivity index (χ3n) is 17.0. The van der Waals surface area contributed by atoms with Crippen molar-refractivity contribution in [3.05, 3.63) is 282 Å². The molecule has 494 valence electrons. The normalized spacial score (nSPS) is 13.0. The molecular formula is C83H54N10S3Se6Si. The fraction of sp³-hybridized carbons (Fsp3) is 0.0482. The van der Waals surface area contributed by atoms with E-state index in [-0.39, 0.29) is 43.5 Å². The summed E-state index contributed by atoms with van der Waals surface area (Å²) in [6, 6.07) is 90.8. The van der Waals surface area contributed by atoms with Crippen molar-refractivity contribution in [3.63, 3.8) is 0 Å². The first-order valence-corrected chi connectivity index (χ1v) is 48.8. The molecule has 18 rings (SSSR count). The Morgan fingerprint density at radius 3 is 1.04 bits per heavy atom. The molecule has 0 atom stereocenters. The minimum atomic E-state index is -1.40. The summed E-state index contributed by atoms with van der Waals surface area (Å²) in [6.07, 6.45) is 6.05. The zero-order valence-corrected chi connectivity index (χ0v) is 69.1. The van der Waals surface area contributed by atoms with Crippen LogP contribution in [-0.2, 0) is 0 Å². The molecule has 15 aromatic rings. The molecule has 0 fully saturated rings. The number of allylic oxidation sites excluding steroid dienone is 3. The number of aromatic nitrogens is 3. The van der Waals surface area contributed by atoms with Crippen LogP contribution in [0, 0.1) is 47.5 Å². The molecule has 0 aliphatic carbocycles. The first kappa shape index (κ1) is 68.4. The van der Waals surface area contributed by atoms with Gasteiger partial charge in [0.25, 0.3) is 0 Å². The number of nitriles is 3. The molecule has 0 radical (unpaired) electrons. The summed E-state index contributed by atoms with van der Waals surface area (Å²) >= 11 is 5.84. The van der Waals surface area contributed by atoms with Gasteiger partial charge in [-0.05, 0) is 0 Å². The molecule has 0 unspecified atom stereocenters. The van der Waals surface area contributed by atoms with Crippen LogP contribution in [0.4, 0.5) is 53.5 Å². The van der Waals surface area contributed by atoms with E-state index in [4.69, 9.17) is 16.5 Å². The van der Waals surface area contributed by atoms with Crippen LogP contribution in [0.2, 0.25) is 19.6 Å². The van der Waals surface area contributed by atoms with E-state index in [1.165, 1.54) is 110 Å². The maximum atomic E-state index is 10.0. The second kappa shape index (κ2) is 29.6. The van der Waals surface area contributed by atoms with E-state index in [0.717, 1.165) is 40.4 Å². The number of anilines is 9. The van der Waals surface area contributed by atoms with Crippen LogP contribution in [0.3, 0.4) is 0 Å². The number of thiazole rings is 3. The summed E-state index contributed by atoms with van der Waals surface area (Å²) in [5.74, 6) is 0. The van der Waals surface area contributed by atoms with Gasteiger partial charge in [0.1, 0.15) is 0 Å². The first-order valence-electron chi connectivity index (χ1n) is 32.5. The van der Waals surface area contributed by atoms with E-state index in [2.05, 4.69) is 282 Å². The fourth-order valence-electron chi connectivity index (χ4n) is 12.0. The van der Waals surface area contributed by atoms with Crippen LogP contribution in [0.1, 0.15) is 33.9 Å². The Balaban J connectivity index is 0.000000119. The van der Waals surface area contributed by atoms with E-state index in [0.29, 0.717) is 72.3 Å². The van der Waals surface area contributed by atoms with E-state index in [1.54, 1.807) is 28.7 Å². The monoisotopic (exact) mass is 1790 g/mol. The maximum absolute atomic E-state index is 10.0. The van der Waals surface area contributed by atoms with Crippen LogP contribution in [0.25, 0.3) is 70.4 Å². The number of nitrogens with zero attached hydrogens (tertiary/aromatic N) is 10. The quantitative estimate of drug-likeness (QED) is 0.0748. The molecule has 0 saturated carbocycles. The first-order chi connectivity index (χ1) is 50.3. The molecule has 6 aromatic heterocycles. The average Bonchev–Trinajstić information content (AvgIpc) is 1.54. The predicted octanol–water partition coefficient (Wildman–Crippen LogP) is 16.0. The Morgan fingerprint density at radius 1 is 0.398 bits per heavy atom. The van der Waals surface area contributed by atoms with Gasteiger partial charge in [0.05, 0.1) is 0 Å². The molecule has 0 saturated heterocycles. The van der Waals surface area contributed by atoms with Crippen molar-refractivity contribution in [2.24, 2.45) is 0 Å². The van der Waals surface area contributed by atoms with E-state index >= 15 is 0 Å². The predicted molar refractivity (Wildman–Crippen MR) is 443 cm³/mol. The van der Waals surface area contributed by atoms with E-state index < -0.39 is 8.07 Å². The van der Waals surface area contributed by atoms with Gasteiger partial charge >= 0.3 is 654 Å². The summed E-state index contributed by atoms with van der Waals surface area (Å²) in [6.45, 7) is 16.4. The SMILES string of the molecule is C[Si](C)(C)c1ccc2nc(/C(C#N)=C/c3ccc(N4c5ccccc5[Se]c5ccccc54)[se]3)sc2c1.Cc1ccc2nc(/C(C#N)=C/c3ccc(N4c5ccccc5[Se]c5ccccc54)[se]3)sc2c1.[C-]#[N+]c1ccc2nc(/C(C#N)=C/c3ccc(N4c5ccccc5[Se]c5ccccc54)[se]3)sc2c1. The van der Waals surface area contributed by atoms with Crippen molar-refractivity contribution in [2.45, 2.75) is 26.6 Å². The molecule has 3 aliphatic rings. The molecule has 9 aromatic carbocycles. The number of benzene rings is 9. The third-order valence-corrected chi connectivity index (χ3v) is 35.7. The van der Waals surface area contributed by atoms with Gasteiger partial charge in [-0.15, -0.1) is 0 Å². The standard InChI is InChI=1S/C29H23N3SSe2Si.C27H14N4SSe2.C27H17N3SSe2/c1-36(2,3)21-13-14-22-25(17-21)33-29(31-22)19(18-30)16-20-12-15-28(34-20)32-23-8-4-6-10-26(23)35-27-11-7-5-9-24(27)32;1-29-18-10-12-20-23(15-18)32-27(30-20)17(16-28)14-19-11-13-26(33-19)31-21-6-2-4-8-24(21)34-25-9-5-3-7-22(25)31;1-17-10-12-20-23(14-17)31-27(29-20)18(16-28)15-19-11-13-26(32-19)30-21-6-2-4-8-24(21)33-25-9-5-3-7-22(25)30/h4-17H,1-3H3;2-15H;2-15H,1H3/b19-16+;17-14+;18-15+. The molecule has 103 heavy (non-hydrogen) atoms. The average molecular weight is 1790 g/mol. The molecule has 9 heterocycles. The van der Waals surface area contributed by atoms with Crippen molar-refractivity contribution >= 4 is 282 Å². The number of hydrogen-bond donors (Lipinski definition) is 0. The second-order valence-electron chi connectivity index (χ2n) is 24.9. The van der Waals surface area contributed by atoms with Crippen molar-refractivity contribution in [3.8, 4) is 18.2 Å². The van der Waals surface area contributed by atoms with E-state index in [9.17, 15) is 15.8 Å². The van der Waals surface area contributed by atoms with Crippen LogP contribution < -0.4 is 46.7 Å². The number of rotatable bonds is 10. The summed E-state index contributed by atoms with van der Waals surface area (Å²) < 4.78 is 19.0. The van der Waals surface area contributed by atoms with Gasteiger partial charge in [-0.25, -0.2) is 0 Å². The number of fused-ring (bicyclic) bond motifs is 9.